The molecule has 0 radical (unpaired) electrons. The number of hydrogen-bond donors (Lipinski definition) is 0. The normalized spacial score (nSPS) is 11.1. The van der Waals surface area contributed by atoms with Crippen LogP contribution in [0.5, 0.6) is 11.5 Å². The Kier molecular flexibility index (Phi) is 4.19. The average Bonchev–Trinajstić information content (AvgIpc) is 2.27. The van der Waals surface area contributed by atoms with E-state index in [1.807, 2.05) is 0 Å². The lowest BCUT2D eigenvalue weighted by Gasteiger charge is -2.08. The van der Waals surface area contributed by atoms with E-state index in [1.54, 1.807) is 24.3 Å². The van der Waals surface area contributed by atoms with Gasteiger partial charge in [-0.05, 0) is 24.3 Å². The maximum absolute atomic E-state index is 11.7. The molecule has 0 N–H and O–H groups in total. The number of hydrogen-bond acceptors (Lipinski definition) is 4. The predicted molar refractivity (Wildman–Crippen MR) is 73.1 cm³/mol. The summed E-state index contributed by atoms with van der Waals surface area (Å²) in [6, 6.07) is 11.9. The van der Waals surface area contributed by atoms with Crippen molar-refractivity contribution in [2.75, 3.05) is 0 Å². The Balaban J connectivity index is 2.15. The Morgan fingerprint density at radius 1 is 0.789 bits per heavy atom. The van der Waals surface area contributed by atoms with Crippen molar-refractivity contribution in [3.05, 3.63) is 58.6 Å². The van der Waals surface area contributed by atoms with E-state index in [0.717, 1.165) is 0 Å². The first-order chi connectivity index (χ1) is 8.94. The summed E-state index contributed by atoms with van der Waals surface area (Å²) in [7, 11) is -4.24. The van der Waals surface area contributed by atoms with E-state index in [2.05, 4.69) is 0 Å². The average molecular weight is 319 g/mol. The molecule has 2 aromatic rings. The van der Waals surface area contributed by atoms with E-state index in [9.17, 15) is 8.42 Å². The van der Waals surface area contributed by atoms with E-state index in [4.69, 9.17) is 31.6 Å². The molecule has 100 valence electrons. The van der Waals surface area contributed by atoms with E-state index in [1.165, 1.54) is 24.3 Å². The van der Waals surface area contributed by atoms with Crippen molar-refractivity contribution in [1.29, 1.82) is 0 Å². The first-order valence-electron chi connectivity index (χ1n) is 5.10. The van der Waals surface area contributed by atoms with Crippen LogP contribution in [-0.2, 0) is 10.4 Å². The molecule has 0 saturated heterocycles. The molecule has 0 heterocycles. The predicted octanol–water partition coefficient (Wildman–Crippen LogP) is 3.70. The third-order valence-corrected chi connectivity index (χ3v) is 3.25. The van der Waals surface area contributed by atoms with Crippen LogP contribution in [0.4, 0.5) is 0 Å². The van der Waals surface area contributed by atoms with Gasteiger partial charge in [0.1, 0.15) is 11.5 Å². The van der Waals surface area contributed by atoms with Crippen LogP contribution < -0.4 is 8.37 Å². The highest BCUT2D eigenvalue weighted by Gasteiger charge is 2.16. The fraction of sp³-hybridized carbons (Fsp3) is 0. The fourth-order valence-electron chi connectivity index (χ4n) is 1.29. The molecule has 7 heteroatoms. The van der Waals surface area contributed by atoms with Crippen molar-refractivity contribution in [3.8, 4) is 11.5 Å². The van der Waals surface area contributed by atoms with Gasteiger partial charge in [-0.25, -0.2) is 0 Å². The van der Waals surface area contributed by atoms with Crippen LogP contribution in [0.1, 0.15) is 0 Å². The van der Waals surface area contributed by atoms with E-state index < -0.39 is 10.4 Å². The molecule has 0 unspecified atom stereocenters. The highest BCUT2D eigenvalue weighted by atomic mass is 35.5. The molecule has 0 aliphatic heterocycles. The first kappa shape index (κ1) is 14.0. The molecule has 0 aliphatic rings. The molecular weight excluding hydrogens is 311 g/mol. The molecule has 0 saturated carbocycles. The second kappa shape index (κ2) is 5.69. The summed E-state index contributed by atoms with van der Waals surface area (Å²) in [6.07, 6.45) is 0. The van der Waals surface area contributed by atoms with Crippen molar-refractivity contribution in [2.45, 2.75) is 0 Å². The molecule has 0 spiro atoms. The largest absolute Gasteiger partial charge is 0.500 e. The molecular formula is C12H8Cl2O4S. The maximum atomic E-state index is 11.7. The summed E-state index contributed by atoms with van der Waals surface area (Å²) in [5.41, 5.74) is 0. The number of rotatable bonds is 4. The zero-order chi connectivity index (χ0) is 13.9. The van der Waals surface area contributed by atoms with Crippen molar-refractivity contribution in [1.82, 2.24) is 0 Å². The van der Waals surface area contributed by atoms with Crippen LogP contribution in [0.25, 0.3) is 0 Å². The quantitative estimate of drug-likeness (QED) is 0.862. The van der Waals surface area contributed by atoms with Crippen molar-refractivity contribution in [2.24, 2.45) is 0 Å². The van der Waals surface area contributed by atoms with Crippen molar-refractivity contribution < 1.29 is 16.8 Å². The standard InChI is InChI=1S/C12H8Cl2O4S/c13-9-3-1-5-11(7-9)17-19(15,16)18-12-6-2-4-10(14)8-12/h1-8H. The monoisotopic (exact) mass is 318 g/mol. The van der Waals surface area contributed by atoms with Crippen LogP contribution in [0.2, 0.25) is 10.0 Å². The van der Waals surface area contributed by atoms with Crippen LogP contribution in [0.3, 0.4) is 0 Å². The van der Waals surface area contributed by atoms with Gasteiger partial charge in [0.05, 0.1) is 0 Å². The highest BCUT2D eigenvalue weighted by Crippen LogP contribution is 2.22. The summed E-state index contributed by atoms with van der Waals surface area (Å²) in [5.74, 6) is 0.129. The zero-order valence-corrected chi connectivity index (χ0v) is 11.7. The van der Waals surface area contributed by atoms with E-state index in [-0.39, 0.29) is 11.5 Å². The van der Waals surface area contributed by atoms with Gasteiger partial charge in [0, 0.05) is 22.2 Å². The minimum absolute atomic E-state index is 0.0644. The number of benzene rings is 2. The summed E-state index contributed by atoms with van der Waals surface area (Å²) in [4.78, 5) is 0. The van der Waals surface area contributed by atoms with Crippen LogP contribution in [0, 0.1) is 0 Å². The smallest absolute Gasteiger partial charge is 0.353 e. The van der Waals surface area contributed by atoms with Crippen molar-refractivity contribution in [3.63, 3.8) is 0 Å². The van der Waals surface area contributed by atoms with Crippen LogP contribution >= 0.6 is 23.2 Å². The summed E-state index contributed by atoms with van der Waals surface area (Å²) in [6.45, 7) is 0. The molecule has 0 atom stereocenters. The summed E-state index contributed by atoms with van der Waals surface area (Å²) in [5, 5.41) is 0.714. The first-order valence-corrected chi connectivity index (χ1v) is 7.18. The Labute approximate surface area is 120 Å². The van der Waals surface area contributed by atoms with Crippen molar-refractivity contribution >= 4 is 33.6 Å². The zero-order valence-electron chi connectivity index (χ0n) is 9.42. The molecule has 0 aromatic heterocycles. The Morgan fingerprint density at radius 3 is 1.58 bits per heavy atom. The molecule has 0 bridgehead atoms. The Morgan fingerprint density at radius 2 is 1.21 bits per heavy atom. The van der Waals surface area contributed by atoms with Gasteiger partial charge in [0.2, 0.25) is 0 Å². The third kappa shape index (κ3) is 4.31. The fourth-order valence-corrected chi connectivity index (χ4v) is 2.36. The summed E-state index contributed by atoms with van der Waals surface area (Å²) < 4.78 is 32.8. The second-order valence-corrected chi connectivity index (χ2v) is 5.51. The van der Waals surface area contributed by atoms with Gasteiger partial charge in [0.15, 0.2) is 0 Å². The van der Waals surface area contributed by atoms with E-state index in [0.29, 0.717) is 10.0 Å². The molecule has 2 aromatic carbocycles. The van der Waals surface area contributed by atoms with Crippen LogP contribution in [0.15, 0.2) is 48.5 Å². The molecule has 0 aliphatic carbocycles. The topological polar surface area (TPSA) is 52.6 Å². The third-order valence-electron chi connectivity index (χ3n) is 1.99. The van der Waals surface area contributed by atoms with E-state index >= 15 is 0 Å². The molecule has 0 fully saturated rings. The lowest BCUT2D eigenvalue weighted by atomic mass is 10.3. The molecule has 0 amide bonds. The minimum atomic E-state index is -4.24. The van der Waals surface area contributed by atoms with Gasteiger partial charge in [0.25, 0.3) is 0 Å². The Bertz CT molecular complexity index is 632. The second-order valence-electron chi connectivity index (χ2n) is 3.49. The summed E-state index contributed by atoms with van der Waals surface area (Å²) >= 11 is 11.4. The van der Waals surface area contributed by atoms with Gasteiger partial charge in [-0.3, -0.25) is 0 Å². The molecule has 4 nitrogen and oxygen atoms in total. The Hall–Kier alpha value is -1.43. The van der Waals surface area contributed by atoms with Crippen LogP contribution in [-0.4, -0.2) is 8.42 Å². The van der Waals surface area contributed by atoms with Gasteiger partial charge < -0.3 is 8.37 Å². The van der Waals surface area contributed by atoms with Gasteiger partial charge in [-0.15, -0.1) is 8.42 Å². The van der Waals surface area contributed by atoms with Gasteiger partial charge in [-0.2, -0.15) is 0 Å². The highest BCUT2D eigenvalue weighted by molar-refractivity contribution is 7.82. The van der Waals surface area contributed by atoms with Gasteiger partial charge >= 0.3 is 10.4 Å². The molecule has 19 heavy (non-hydrogen) atoms. The van der Waals surface area contributed by atoms with Gasteiger partial charge in [-0.1, -0.05) is 35.3 Å². The maximum Gasteiger partial charge on any atom is 0.500 e. The SMILES string of the molecule is O=S(=O)(Oc1cccc(Cl)c1)Oc1cccc(Cl)c1. The lowest BCUT2D eigenvalue weighted by Crippen LogP contribution is -2.16. The number of halogens is 2. The lowest BCUT2D eigenvalue weighted by molar-refractivity contribution is 0.392. The molecule has 2 rings (SSSR count). The minimum Gasteiger partial charge on any atom is -0.353 e.